The third-order valence-corrected chi connectivity index (χ3v) is 3.97. The predicted octanol–water partition coefficient (Wildman–Crippen LogP) is 1.84. The van der Waals surface area contributed by atoms with Crippen LogP contribution in [0.3, 0.4) is 0 Å². The van der Waals surface area contributed by atoms with Crippen LogP contribution in [0.4, 0.5) is 0 Å². The molecule has 0 bridgehead atoms. The molecule has 2 heterocycles. The molecule has 1 aliphatic rings. The van der Waals surface area contributed by atoms with E-state index in [1.165, 1.54) is 23.3 Å². The normalized spacial score (nSPS) is 19.6. The van der Waals surface area contributed by atoms with Crippen molar-refractivity contribution in [1.29, 1.82) is 0 Å². The minimum atomic E-state index is -0.924. The fourth-order valence-corrected chi connectivity index (χ4v) is 2.92. The van der Waals surface area contributed by atoms with Gasteiger partial charge < -0.3 is 14.7 Å². The largest absolute Gasteiger partial charge is 0.496 e. The highest BCUT2D eigenvalue weighted by Crippen LogP contribution is 2.26. The first-order valence-corrected chi connectivity index (χ1v) is 6.67. The maximum Gasteiger partial charge on any atom is 0.326 e. The molecule has 1 atom stereocenters. The number of hydrogen-bond acceptors (Lipinski definition) is 4. The zero-order valence-corrected chi connectivity index (χ0v) is 10.9. The van der Waals surface area contributed by atoms with E-state index in [4.69, 9.17) is 9.84 Å². The zero-order chi connectivity index (χ0) is 13.1. The van der Waals surface area contributed by atoms with Gasteiger partial charge in [-0.1, -0.05) is 0 Å². The quantitative estimate of drug-likeness (QED) is 0.909. The number of likely N-dealkylation sites (tertiary alicyclic amines) is 1. The maximum absolute atomic E-state index is 12.3. The van der Waals surface area contributed by atoms with E-state index < -0.39 is 12.0 Å². The summed E-state index contributed by atoms with van der Waals surface area (Å²) < 4.78 is 5.03. The summed E-state index contributed by atoms with van der Waals surface area (Å²) in [4.78, 5) is 25.4. The molecule has 1 aromatic heterocycles. The number of aliphatic carboxylic acids is 1. The lowest BCUT2D eigenvalue weighted by atomic mass is 10.0. The molecule has 18 heavy (non-hydrogen) atoms. The molecule has 6 heteroatoms. The number of thiophene rings is 1. The van der Waals surface area contributed by atoms with E-state index in [9.17, 15) is 9.59 Å². The van der Waals surface area contributed by atoms with Gasteiger partial charge in [0.1, 0.15) is 11.8 Å². The molecule has 0 unspecified atom stereocenters. The number of hydrogen-bond donors (Lipinski definition) is 1. The van der Waals surface area contributed by atoms with Crippen LogP contribution in [0.5, 0.6) is 5.75 Å². The minimum absolute atomic E-state index is 0.213. The van der Waals surface area contributed by atoms with E-state index in [-0.39, 0.29) is 5.91 Å². The monoisotopic (exact) mass is 269 g/mol. The minimum Gasteiger partial charge on any atom is -0.496 e. The van der Waals surface area contributed by atoms with Gasteiger partial charge in [0.05, 0.1) is 12.0 Å². The number of carboxylic acids is 1. The van der Waals surface area contributed by atoms with Crippen LogP contribution >= 0.6 is 11.3 Å². The van der Waals surface area contributed by atoms with Crippen molar-refractivity contribution >= 4 is 23.2 Å². The van der Waals surface area contributed by atoms with E-state index in [1.54, 1.807) is 11.4 Å². The Labute approximate surface area is 109 Å². The van der Waals surface area contributed by atoms with Gasteiger partial charge in [-0.3, -0.25) is 4.79 Å². The van der Waals surface area contributed by atoms with Crippen molar-refractivity contribution in [1.82, 2.24) is 4.90 Å². The van der Waals surface area contributed by atoms with E-state index in [1.807, 2.05) is 0 Å². The smallest absolute Gasteiger partial charge is 0.326 e. The Hall–Kier alpha value is -1.56. The highest BCUT2D eigenvalue weighted by molar-refractivity contribution is 7.12. The Balaban J connectivity index is 2.17. The lowest BCUT2D eigenvalue weighted by Crippen LogP contribution is -2.47. The molecule has 0 saturated carbocycles. The second-order valence-electron chi connectivity index (χ2n) is 4.20. The summed E-state index contributed by atoms with van der Waals surface area (Å²) in [5, 5.41) is 10.9. The van der Waals surface area contributed by atoms with E-state index in [2.05, 4.69) is 0 Å². The van der Waals surface area contributed by atoms with Gasteiger partial charge in [0.25, 0.3) is 5.91 Å². The summed E-state index contributed by atoms with van der Waals surface area (Å²) in [5.74, 6) is -0.505. The number of carbonyl (C=O) groups is 2. The molecule has 98 valence electrons. The van der Waals surface area contributed by atoms with Gasteiger partial charge in [0.15, 0.2) is 0 Å². The fraction of sp³-hybridized carbons (Fsp3) is 0.500. The van der Waals surface area contributed by atoms with Gasteiger partial charge in [-0.25, -0.2) is 4.79 Å². The highest BCUT2D eigenvalue weighted by Gasteiger charge is 2.32. The number of rotatable bonds is 3. The van der Waals surface area contributed by atoms with Crippen molar-refractivity contribution in [3.63, 3.8) is 0 Å². The van der Waals surface area contributed by atoms with Crippen LogP contribution in [-0.4, -0.2) is 41.6 Å². The first-order valence-electron chi connectivity index (χ1n) is 5.80. The van der Waals surface area contributed by atoms with Crippen LogP contribution in [0.2, 0.25) is 0 Å². The first kappa shape index (κ1) is 12.9. The standard InChI is InChI=1S/C12H15NO4S/c1-17-8-6-10(18-7-8)11(14)13-5-3-2-4-9(13)12(15)16/h6-7,9H,2-5H2,1H3,(H,15,16)/t9-/m1/s1. The average molecular weight is 269 g/mol. The SMILES string of the molecule is COc1csc(C(=O)N2CCCC[C@@H]2C(=O)O)c1. The third kappa shape index (κ3) is 2.48. The van der Waals surface area contributed by atoms with Crippen LogP contribution < -0.4 is 4.74 Å². The number of nitrogens with zero attached hydrogens (tertiary/aromatic N) is 1. The number of piperidine rings is 1. The Morgan fingerprint density at radius 1 is 1.50 bits per heavy atom. The maximum atomic E-state index is 12.3. The second kappa shape index (κ2) is 5.39. The molecule has 1 amide bonds. The topological polar surface area (TPSA) is 66.8 Å². The zero-order valence-electron chi connectivity index (χ0n) is 10.1. The van der Waals surface area contributed by atoms with Crippen LogP contribution in [-0.2, 0) is 4.79 Å². The summed E-state index contributed by atoms with van der Waals surface area (Å²) >= 11 is 1.28. The van der Waals surface area contributed by atoms with Crippen LogP contribution in [0.25, 0.3) is 0 Å². The molecule has 1 aromatic rings. The van der Waals surface area contributed by atoms with Crippen LogP contribution in [0.1, 0.15) is 28.9 Å². The van der Waals surface area contributed by atoms with E-state index >= 15 is 0 Å². The fourth-order valence-electron chi connectivity index (χ4n) is 2.11. The molecule has 1 N–H and O–H groups in total. The van der Waals surface area contributed by atoms with Crippen molar-refractivity contribution < 1.29 is 19.4 Å². The Bertz CT molecular complexity index is 457. The molecule has 1 fully saturated rings. The second-order valence-corrected chi connectivity index (χ2v) is 5.11. The van der Waals surface area contributed by atoms with E-state index in [0.717, 1.165) is 12.8 Å². The number of ether oxygens (including phenoxy) is 1. The first-order chi connectivity index (χ1) is 8.63. The van der Waals surface area contributed by atoms with Gasteiger partial charge in [0, 0.05) is 18.0 Å². The molecule has 2 rings (SSSR count). The molecular weight excluding hydrogens is 254 g/mol. The van der Waals surface area contributed by atoms with Gasteiger partial charge in [0.2, 0.25) is 0 Å². The van der Waals surface area contributed by atoms with Crippen molar-refractivity contribution in [2.75, 3.05) is 13.7 Å². The van der Waals surface area contributed by atoms with Crippen molar-refractivity contribution in [3.05, 3.63) is 16.3 Å². The molecule has 0 radical (unpaired) electrons. The number of amides is 1. The average Bonchev–Trinajstić information content (AvgIpc) is 2.86. The number of carboxylic acid groups (broad SMARTS) is 1. The van der Waals surface area contributed by atoms with Crippen molar-refractivity contribution in [2.45, 2.75) is 25.3 Å². The predicted molar refractivity (Wildman–Crippen MR) is 67.2 cm³/mol. The Morgan fingerprint density at radius 2 is 2.28 bits per heavy atom. The summed E-state index contributed by atoms with van der Waals surface area (Å²) in [7, 11) is 1.54. The number of carbonyl (C=O) groups excluding carboxylic acids is 1. The van der Waals surface area contributed by atoms with Gasteiger partial charge in [-0.15, -0.1) is 11.3 Å². The van der Waals surface area contributed by atoms with Crippen molar-refractivity contribution in [2.24, 2.45) is 0 Å². The molecule has 0 aromatic carbocycles. The van der Waals surface area contributed by atoms with E-state index in [0.29, 0.717) is 23.6 Å². The van der Waals surface area contributed by atoms with Gasteiger partial charge >= 0.3 is 5.97 Å². The summed E-state index contributed by atoms with van der Waals surface area (Å²) in [6.45, 7) is 0.510. The van der Waals surface area contributed by atoms with Gasteiger partial charge in [-0.05, 0) is 19.3 Å². The molecule has 1 aliphatic heterocycles. The molecular formula is C12H15NO4S. The van der Waals surface area contributed by atoms with Crippen LogP contribution in [0.15, 0.2) is 11.4 Å². The summed E-state index contributed by atoms with van der Waals surface area (Å²) in [6.07, 6.45) is 2.25. The lowest BCUT2D eigenvalue weighted by Gasteiger charge is -2.32. The van der Waals surface area contributed by atoms with Crippen LogP contribution in [0, 0.1) is 0 Å². The Morgan fingerprint density at radius 3 is 2.89 bits per heavy atom. The third-order valence-electron chi connectivity index (χ3n) is 3.07. The Kier molecular flexibility index (Phi) is 3.86. The summed E-state index contributed by atoms with van der Waals surface area (Å²) in [6, 6.07) is 0.958. The summed E-state index contributed by atoms with van der Waals surface area (Å²) in [5.41, 5.74) is 0. The van der Waals surface area contributed by atoms with Gasteiger partial charge in [-0.2, -0.15) is 0 Å². The molecule has 0 spiro atoms. The molecule has 1 saturated heterocycles. The lowest BCUT2D eigenvalue weighted by molar-refractivity contribution is -0.143. The molecule has 0 aliphatic carbocycles. The highest BCUT2D eigenvalue weighted by atomic mass is 32.1. The molecule has 5 nitrogen and oxygen atoms in total. The number of methoxy groups -OCH3 is 1. The van der Waals surface area contributed by atoms with Crippen molar-refractivity contribution in [3.8, 4) is 5.75 Å².